The lowest BCUT2D eigenvalue weighted by molar-refractivity contribution is -0.122. The van der Waals surface area contributed by atoms with Crippen LogP contribution in [0.1, 0.15) is 18.5 Å². The molecule has 0 aromatic carbocycles. The molecular formula is C10H17N5O2. The Hall–Kier alpha value is -1.47. The van der Waals surface area contributed by atoms with Crippen molar-refractivity contribution in [3.63, 3.8) is 0 Å². The molecular weight excluding hydrogens is 222 g/mol. The lowest BCUT2D eigenvalue weighted by Gasteiger charge is -2.10. The Labute approximate surface area is 99.3 Å². The molecule has 0 radical (unpaired) electrons. The first-order chi connectivity index (χ1) is 8.28. The molecule has 1 saturated heterocycles. The predicted molar refractivity (Wildman–Crippen MR) is 59.9 cm³/mol. The molecule has 0 saturated carbocycles. The van der Waals surface area contributed by atoms with Gasteiger partial charge in [-0.3, -0.25) is 4.79 Å². The monoisotopic (exact) mass is 239 g/mol. The first-order valence-corrected chi connectivity index (χ1v) is 5.75. The predicted octanol–water partition coefficient (Wildman–Crippen LogP) is -0.968. The van der Waals surface area contributed by atoms with Gasteiger partial charge in [-0.1, -0.05) is 5.21 Å². The van der Waals surface area contributed by atoms with Gasteiger partial charge in [-0.2, -0.15) is 0 Å². The van der Waals surface area contributed by atoms with E-state index in [0.29, 0.717) is 18.8 Å². The number of nitrogens with zero attached hydrogens (tertiary/aromatic N) is 3. The Morgan fingerprint density at radius 3 is 3.24 bits per heavy atom. The lowest BCUT2D eigenvalue weighted by atomic mass is 10.2. The molecule has 0 bridgehead atoms. The topological polar surface area (TPSA) is 95.1 Å². The second-order valence-corrected chi connectivity index (χ2v) is 4.05. The van der Waals surface area contributed by atoms with Crippen LogP contribution in [0.4, 0.5) is 0 Å². The van der Waals surface area contributed by atoms with Crippen molar-refractivity contribution in [1.82, 2.24) is 20.3 Å². The molecule has 2 rings (SSSR count). The first-order valence-electron chi connectivity index (χ1n) is 5.75. The summed E-state index contributed by atoms with van der Waals surface area (Å²) in [5.74, 6) is -0.0889. The fourth-order valence-corrected chi connectivity index (χ4v) is 1.75. The zero-order chi connectivity index (χ0) is 12.1. The molecule has 1 amide bonds. The van der Waals surface area contributed by atoms with Gasteiger partial charge >= 0.3 is 0 Å². The minimum absolute atomic E-state index is 0.0889. The highest BCUT2D eigenvalue weighted by Crippen LogP contribution is 2.10. The Bertz CT molecular complexity index is 373. The van der Waals surface area contributed by atoms with E-state index in [1.165, 1.54) is 4.68 Å². The van der Waals surface area contributed by atoms with E-state index in [9.17, 15) is 4.79 Å². The minimum Gasteiger partial charge on any atom is -0.376 e. The van der Waals surface area contributed by atoms with E-state index in [1.54, 1.807) is 6.20 Å². The summed E-state index contributed by atoms with van der Waals surface area (Å²) in [5, 5.41) is 10.4. The normalized spacial score (nSPS) is 19.5. The Morgan fingerprint density at radius 2 is 2.59 bits per heavy atom. The van der Waals surface area contributed by atoms with Gasteiger partial charge in [-0.05, 0) is 12.8 Å². The van der Waals surface area contributed by atoms with Crippen molar-refractivity contribution >= 4 is 5.91 Å². The molecule has 1 fully saturated rings. The van der Waals surface area contributed by atoms with Crippen LogP contribution in [0.5, 0.6) is 0 Å². The summed E-state index contributed by atoms with van der Waals surface area (Å²) < 4.78 is 6.89. The number of amides is 1. The van der Waals surface area contributed by atoms with Crippen LogP contribution in [0, 0.1) is 0 Å². The van der Waals surface area contributed by atoms with Crippen LogP contribution in [-0.4, -0.2) is 40.2 Å². The smallest absolute Gasteiger partial charge is 0.241 e. The molecule has 0 unspecified atom stereocenters. The molecule has 0 spiro atoms. The summed E-state index contributed by atoms with van der Waals surface area (Å²) in [5.41, 5.74) is 6.08. The summed E-state index contributed by atoms with van der Waals surface area (Å²) in [4.78, 5) is 11.6. The second-order valence-electron chi connectivity index (χ2n) is 4.05. The molecule has 17 heavy (non-hydrogen) atoms. The molecule has 1 aromatic rings. The number of carbonyl (C=O) groups excluding carboxylic acids is 1. The van der Waals surface area contributed by atoms with Crippen molar-refractivity contribution in [2.75, 3.05) is 13.2 Å². The molecule has 2 heterocycles. The fourth-order valence-electron chi connectivity index (χ4n) is 1.75. The molecule has 3 N–H and O–H groups in total. The number of nitrogens with one attached hydrogen (secondary N) is 1. The number of nitrogens with two attached hydrogens (primary N) is 1. The van der Waals surface area contributed by atoms with E-state index in [-0.39, 0.29) is 18.6 Å². The van der Waals surface area contributed by atoms with Crippen molar-refractivity contribution in [2.24, 2.45) is 5.73 Å². The summed E-state index contributed by atoms with van der Waals surface area (Å²) in [6.45, 7) is 1.86. The summed E-state index contributed by atoms with van der Waals surface area (Å²) >= 11 is 0. The van der Waals surface area contributed by atoms with Crippen LogP contribution >= 0.6 is 0 Å². The van der Waals surface area contributed by atoms with Crippen LogP contribution in [0.25, 0.3) is 0 Å². The molecule has 0 aliphatic carbocycles. The number of hydrogen-bond donors (Lipinski definition) is 2. The lowest BCUT2D eigenvalue weighted by Crippen LogP contribution is -2.34. The average molecular weight is 239 g/mol. The number of aromatic nitrogens is 3. The van der Waals surface area contributed by atoms with Gasteiger partial charge in [-0.25, -0.2) is 4.68 Å². The maximum atomic E-state index is 11.6. The summed E-state index contributed by atoms with van der Waals surface area (Å²) in [7, 11) is 0. The van der Waals surface area contributed by atoms with Crippen LogP contribution < -0.4 is 11.1 Å². The molecule has 94 valence electrons. The van der Waals surface area contributed by atoms with Gasteiger partial charge in [0.1, 0.15) is 6.54 Å². The Morgan fingerprint density at radius 1 is 1.71 bits per heavy atom. The Balaban J connectivity index is 1.72. The van der Waals surface area contributed by atoms with E-state index >= 15 is 0 Å². The molecule has 1 aliphatic rings. The standard InChI is InChI=1S/C10H17N5O2/c11-4-8-6-15(14-13-8)7-10(16)12-5-9-2-1-3-17-9/h6,9H,1-5,7,11H2,(H,12,16)/t9-/m1/s1. The maximum absolute atomic E-state index is 11.6. The summed E-state index contributed by atoms with van der Waals surface area (Å²) in [6.07, 6.45) is 3.92. The highest BCUT2D eigenvalue weighted by atomic mass is 16.5. The number of hydrogen-bond acceptors (Lipinski definition) is 5. The molecule has 1 atom stereocenters. The van der Waals surface area contributed by atoms with E-state index in [4.69, 9.17) is 10.5 Å². The first kappa shape index (κ1) is 12.0. The van der Waals surface area contributed by atoms with Gasteiger partial charge in [0.15, 0.2) is 0 Å². The SMILES string of the molecule is NCc1cn(CC(=O)NC[C@H]2CCCO2)nn1. The largest absolute Gasteiger partial charge is 0.376 e. The van der Waals surface area contributed by atoms with Crippen molar-refractivity contribution in [3.8, 4) is 0 Å². The van der Waals surface area contributed by atoms with Crippen LogP contribution in [-0.2, 0) is 22.6 Å². The quantitative estimate of drug-likeness (QED) is 0.689. The number of rotatable bonds is 5. The average Bonchev–Trinajstić information content (AvgIpc) is 2.97. The summed E-state index contributed by atoms with van der Waals surface area (Å²) in [6, 6.07) is 0. The second kappa shape index (κ2) is 5.74. The van der Waals surface area contributed by atoms with Gasteiger partial charge in [0, 0.05) is 19.7 Å². The molecule has 1 aliphatic heterocycles. The zero-order valence-electron chi connectivity index (χ0n) is 9.63. The van der Waals surface area contributed by atoms with Crippen molar-refractivity contribution in [1.29, 1.82) is 0 Å². The number of ether oxygens (including phenoxy) is 1. The van der Waals surface area contributed by atoms with Gasteiger partial charge in [0.2, 0.25) is 5.91 Å². The molecule has 7 nitrogen and oxygen atoms in total. The highest BCUT2D eigenvalue weighted by molar-refractivity contribution is 5.75. The van der Waals surface area contributed by atoms with Crippen molar-refractivity contribution in [2.45, 2.75) is 32.0 Å². The van der Waals surface area contributed by atoms with E-state index in [2.05, 4.69) is 15.6 Å². The third-order valence-corrected chi connectivity index (χ3v) is 2.65. The maximum Gasteiger partial charge on any atom is 0.241 e. The van der Waals surface area contributed by atoms with E-state index in [0.717, 1.165) is 19.4 Å². The fraction of sp³-hybridized carbons (Fsp3) is 0.700. The van der Waals surface area contributed by atoms with Gasteiger partial charge < -0.3 is 15.8 Å². The number of carbonyl (C=O) groups is 1. The van der Waals surface area contributed by atoms with Crippen LogP contribution in [0.3, 0.4) is 0 Å². The Kier molecular flexibility index (Phi) is 4.05. The third kappa shape index (κ3) is 3.50. The molecule has 1 aromatic heterocycles. The van der Waals surface area contributed by atoms with Crippen molar-refractivity contribution < 1.29 is 9.53 Å². The molecule has 7 heteroatoms. The third-order valence-electron chi connectivity index (χ3n) is 2.65. The minimum atomic E-state index is -0.0889. The van der Waals surface area contributed by atoms with Crippen LogP contribution in [0.15, 0.2) is 6.20 Å². The van der Waals surface area contributed by atoms with Gasteiger partial charge in [0.05, 0.1) is 18.0 Å². The van der Waals surface area contributed by atoms with Crippen molar-refractivity contribution in [3.05, 3.63) is 11.9 Å². The van der Waals surface area contributed by atoms with Crippen LogP contribution in [0.2, 0.25) is 0 Å². The van der Waals surface area contributed by atoms with E-state index in [1.807, 2.05) is 0 Å². The van der Waals surface area contributed by atoms with E-state index < -0.39 is 0 Å². The van der Waals surface area contributed by atoms with Gasteiger partial charge in [0.25, 0.3) is 0 Å². The van der Waals surface area contributed by atoms with Gasteiger partial charge in [-0.15, -0.1) is 5.10 Å². The highest BCUT2D eigenvalue weighted by Gasteiger charge is 2.16. The zero-order valence-corrected chi connectivity index (χ0v) is 9.63.